The molecule has 1 aromatic carbocycles. The summed E-state index contributed by atoms with van der Waals surface area (Å²) in [4.78, 5) is 14.6. The van der Waals surface area contributed by atoms with Gasteiger partial charge in [0.2, 0.25) is 0 Å². The predicted molar refractivity (Wildman–Crippen MR) is 81.5 cm³/mol. The topological polar surface area (TPSA) is 46.3 Å². The molecule has 2 N–H and O–H groups in total. The summed E-state index contributed by atoms with van der Waals surface area (Å²) in [5.41, 5.74) is 6.21. The monoisotopic (exact) mass is 344 g/mol. The maximum Gasteiger partial charge on any atom is 0.255 e. The van der Waals surface area contributed by atoms with E-state index in [0.29, 0.717) is 17.1 Å². The summed E-state index contributed by atoms with van der Waals surface area (Å²) in [6, 6.07) is 5.71. The van der Waals surface area contributed by atoms with Crippen LogP contribution in [-0.2, 0) is 0 Å². The second-order valence-corrected chi connectivity index (χ2v) is 6.06. The molecule has 1 aliphatic heterocycles. The molecule has 1 saturated heterocycles. The lowest BCUT2D eigenvalue weighted by atomic mass is 9.98. The van der Waals surface area contributed by atoms with Crippen LogP contribution in [0, 0.1) is 0 Å². The van der Waals surface area contributed by atoms with Gasteiger partial charge in [0.05, 0.1) is 10.6 Å². The maximum absolute atomic E-state index is 12.6. The second kappa shape index (κ2) is 6.73. The standard InChI is InChI=1S/C14H18BrClN2O/c15-12-6-3-5-11(13(12)16)14(19)18-9-2-1-4-10(18)7-8-17/h3,5-6,10H,1-2,4,7-9,17H2. The molecule has 0 spiro atoms. The van der Waals surface area contributed by atoms with E-state index in [1.54, 1.807) is 6.07 Å². The first kappa shape index (κ1) is 14.8. The van der Waals surface area contributed by atoms with E-state index in [0.717, 1.165) is 30.3 Å². The van der Waals surface area contributed by atoms with Crippen LogP contribution in [0.25, 0.3) is 0 Å². The summed E-state index contributed by atoms with van der Waals surface area (Å²) in [6.07, 6.45) is 4.12. The Morgan fingerprint density at radius 3 is 3.00 bits per heavy atom. The van der Waals surface area contributed by atoms with E-state index in [1.165, 1.54) is 6.42 Å². The van der Waals surface area contributed by atoms with Gasteiger partial charge in [0.1, 0.15) is 0 Å². The van der Waals surface area contributed by atoms with Crippen LogP contribution >= 0.6 is 27.5 Å². The molecular formula is C14H18BrClN2O. The van der Waals surface area contributed by atoms with Crippen LogP contribution in [0.1, 0.15) is 36.0 Å². The first-order chi connectivity index (χ1) is 9.15. The molecule has 1 unspecified atom stereocenters. The molecule has 2 rings (SSSR count). The number of hydrogen-bond donors (Lipinski definition) is 1. The van der Waals surface area contributed by atoms with Crippen LogP contribution in [0.2, 0.25) is 5.02 Å². The molecule has 1 atom stereocenters. The number of piperidine rings is 1. The Bertz CT molecular complexity index is 465. The Balaban J connectivity index is 2.23. The van der Waals surface area contributed by atoms with Crippen molar-refractivity contribution in [3.8, 4) is 0 Å². The molecule has 1 aliphatic rings. The largest absolute Gasteiger partial charge is 0.336 e. The number of carbonyl (C=O) groups is 1. The van der Waals surface area contributed by atoms with E-state index in [4.69, 9.17) is 17.3 Å². The smallest absolute Gasteiger partial charge is 0.255 e. The number of halogens is 2. The van der Waals surface area contributed by atoms with E-state index >= 15 is 0 Å². The highest BCUT2D eigenvalue weighted by Crippen LogP contribution is 2.29. The summed E-state index contributed by atoms with van der Waals surface area (Å²) in [6.45, 7) is 1.41. The van der Waals surface area contributed by atoms with Crippen molar-refractivity contribution >= 4 is 33.4 Å². The Labute approximate surface area is 127 Å². The van der Waals surface area contributed by atoms with Crippen molar-refractivity contribution in [1.82, 2.24) is 4.90 Å². The van der Waals surface area contributed by atoms with Gasteiger partial charge in [0, 0.05) is 17.1 Å². The van der Waals surface area contributed by atoms with Crippen molar-refractivity contribution in [2.75, 3.05) is 13.1 Å². The van der Waals surface area contributed by atoms with Gasteiger partial charge < -0.3 is 10.6 Å². The molecule has 1 aromatic rings. The number of benzene rings is 1. The van der Waals surface area contributed by atoms with Crippen LogP contribution in [0.15, 0.2) is 22.7 Å². The normalized spacial score (nSPS) is 19.5. The highest BCUT2D eigenvalue weighted by molar-refractivity contribution is 9.10. The highest BCUT2D eigenvalue weighted by Gasteiger charge is 2.28. The Kier molecular flexibility index (Phi) is 5.25. The maximum atomic E-state index is 12.6. The number of amides is 1. The summed E-state index contributed by atoms with van der Waals surface area (Å²) < 4.78 is 0.757. The zero-order chi connectivity index (χ0) is 13.8. The molecule has 0 aliphatic carbocycles. The van der Waals surface area contributed by atoms with Crippen LogP contribution < -0.4 is 5.73 Å². The van der Waals surface area contributed by atoms with Gasteiger partial charge in [-0.15, -0.1) is 0 Å². The van der Waals surface area contributed by atoms with E-state index in [1.807, 2.05) is 17.0 Å². The molecule has 5 heteroatoms. The lowest BCUT2D eigenvalue weighted by molar-refractivity contribution is 0.0605. The van der Waals surface area contributed by atoms with Crippen molar-refractivity contribution in [2.24, 2.45) is 5.73 Å². The van der Waals surface area contributed by atoms with Crippen LogP contribution in [0.4, 0.5) is 0 Å². The van der Waals surface area contributed by atoms with Crippen LogP contribution in [0.3, 0.4) is 0 Å². The van der Waals surface area contributed by atoms with E-state index in [-0.39, 0.29) is 11.9 Å². The highest BCUT2D eigenvalue weighted by atomic mass is 79.9. The van der Waals surface area contributed by atoms with E-state index < -0.39 is 0 Å². The number of carbonyl (C=O) groups excluding carboxylic acids is 1. The molecule has 1 amide bonds. The molecule has 1 fully saturated rings. The SMILES string of the molecule is NCCC1CCCCN1C(=O)c1cccc(Br)c1Cl. The summed E-state index contributed by atoms with van der Waals surface area (Å²) in [5.74, 6) is 0.0180. The second-order valence-electron chi connectivity index (χ2n) is 4.83. The van der Waals surface area contributed by atoms with Crippen molar-refractivity contribution < 1.29 is 4.79 Å². The zero-order valence-electron chi connectivity index (χ0n) is 10.7. The molecule has 1 heterocycles. The van der Waals surface area contributed by atoms with Gasteiger partial charge >= 0.3 is 0 Å². The van der Waals surface area contributed by atoms with Crippen molar-refractivity contribution in [3.63, 3.8) is 0 Å². The average Bonchev–Trinajstić information content (AvgIpc) is 2.42. The number of nitrogens with zero attached hydrogens (tertiary/aromatic N) is 1. The number of hydrogen-bond acceptors (Lipinski definition) is 2. The fourth-order valence-electron chi connectivity index (χ4n) is 2.58. The minimum Gasteiger partial charge on any atom is -0.336 e. The molecular weight excluding hydrogens is 328 g/mol. The van der Waals surface area contributed by atoms with E-state index in [9.17, 15) is 4.79 Å². The third kappa shape index (κ3) is 3.30. The molecule has 19 heavy (non-hydrogen) atoms. The minimum absolute atomic E-state index is 0.0180. The Morgan fingerprint density at radius 2 is 2.26 bits per heavy atom. The molecule has 3 nitrogen and oxygen atoms in total. The molecule has 0 saturated carbocycles. The fraction of sp³-hybridized carbons (Fsp3) is 0.500. The van der Waals surface area contributed by atoms with Gasteiger partial charge in [0.25, 0.3) is 5.91 Å². The zero-order valence-corrected chi connectivity index (χ0v) is 13.1. The van der Waals surface area contributed by atoms with Gasteiger partial charge in [-0.25, -0.2) is 0 Å². The third-order valence-electron chi connectivity index (χ3n) is 3.57. The first-order valence-corrected chi connectivity index (χ1v) is 7.77. The molecule has 0 bridgehead atoms. The van der Waals surface area contributed by atoms with Crippen molar-refractivity contribution in [2.45, 2.75) is 31.7 Å². The van der Waals surface area contributed by atoms with Gasteiger partial charge in [-0.3, -0.25) is 4.79 Å². The van der Waals surface area contributed by atoms with Gasteiger partial charge in [0.15, 0.2) is 0 Å². The summed E-state index contributed by atoms with van der Waals surface area (Å²) in [5, 5.41) is 0.490. The van der Waals surface area contributed by atoms with Crippen molar-refractivity contribution in [1.29, 1.82) is 0 Å². The quantitative estimate of drug-likeness (QED) is 0.912. The number of rotatable bonds is 3. The molecule has 104 valence electrons. The van der Waals surface area contributed by atoms with E-state index in [2.05, 4.69) is 15.9 Å². The lowest BCUT2D eigenvalue weighted by Crippen LogP contribution is -2.44. The van der Waals surface area contributed by atoms with Crippen molar-refractivity contribution in [3.05, 3.63) is 33.3 Å². The first-order valence-electron chi connectivity index (χ1n) is 6.60. The van der Waals surface area contributed by atoms with Crippen LogP contribution in [-0.4, -0.2) is 29.9 Å². The van der Waals surface area contributed by atoms with Gasteiger partial charge in [-0.05, 0) is 60.3 Å². The molecule has 0 radical (unpaired) electrons. The summed E-state index contributed by atoms with van der Waals surface area (Å²) >= 11 is 9.57. The predicted octanol–water partition coefficient (Wildman–Crippen LogP) is 3.45. The number of nitrogens with two attached hydrogens (primary N) is 1. The summed E-state index contributed by atoms with van der Waals surface area (Å²) in [7, 11) is 0. The minimum atomic E-state index is 0.0180. The lowest BCUT2D eigenvalue weighted by Gasteiger charge is -2.36. The third-order valence-corrected chi connectivity index (χ3v) is 4.87. The Hall–Kier alpha value is -0.580. The average molecular weight is 346 g/mol. The Morgan fingerprint density at radius 1 is 1.47 bits per heavy atom. The van der Waals surface area contributed by atoms with Gasteiger partial charge in [-0.2, -0.15) is 0 Å². The van der Waals surface area contributed by atoms with Crippen LogP contribution in [0.5, 0.6) is 0 Å². The van der Waals surface area contributed by atoms with Gasteiger partial charge in [-0.1, -0.05) is 17.7 Å². The fourth-order valence-corrected chi connectivity index (χ4v) is 3.16. The molecule has 0 aromatic heterocycles. The number of likely N-dealkylation sites (tertiary alicyclic amines) is 1.